The third-order valence-corrected chi connectivity index (χ3v) is 4.08. The lowest BCUT2D eigenvalue weighted by Gasteiger charge is -2.51. The van der Waals surface area contributed by atoms with E-state index in [-0.39, 0.29) is 16.9 Å². The van der Waals surface area contributed by atoms with Crippen LogP contribution in [0.25, 0.3) is 0 Å². The molecule has 0 radical (unpaired) electrons. The predicted octanol–water partition coefficient (Wildman–Crippen LogP) is 3.23. The summed E-state index contributed by atoms with van der Waals surface area (Å²) in [6.45, 7) is 12.5. The molecule has 2 heteroatoms. The molecule has 100 valence electrons. The third-order valence-electron chi connectivity index (χ3n) is 4.08. The zero-order valence-electron chi connectivity index (χ0n) is 12.2. The van der Waals surface area contributed by atoms with Crippen molar-refractivity contribution in [2.75, 3.05) is 18.0 Å². The van der Waals surface area contributed by atoms with Crippen LogP contribution in [0.2, 0.25) is 0 Å². The molecule has 0 amide bonds. The maximum atomic E-state index is 10.4. The lowest BCUT2D eigenvalue weighted by molar-refractivity contribution is -0.0531. The van der Waals surface area contributed by atoms with Gasteiger partial charge in [-0.15, -0.1) is 0 Å². The highest BCUT2D eigenvalue weighted by atomic mass is 16.3. The fraction of sp³-hybridized carbons (Fsp3) is 0.625. The van der Waals surface area contributed by atoms with Crippen molar-refractivity contribution in [3.63, 3.8) is 0 Å². The molecule has 0 unspecified atom stereocenters. The summed E-state index contributed by atoms with van der Waals surface area (Å²) in [6, 6.07) is 8.67. The monoisotopic (exact) mass is 247 g/mol. The van der Waals surface area contributed by atoms with Crippen LogP contribution in [-0.2, 0) is 0 Å². The number of hydrogen-bond donors (Lipinski definition) is 1. The summed E-state index contributed by atoms with van der Waals surface area (Å²) in [5.41, 5.74) is 2.39. The molecule has 0 aromatic heterocycles. The van der Waals surface area contributed by atoms with Crippen molar-refractivity contribution in [1.82, 2.24) is 0 Å². The summed E-state index contributed by atoms with van der Waals surface area (Å²) in [5, 5.41) is 10.4. The van der Waals surface area contributed by atoms with Gasteiger partial charge in [0, 0.05) is 29.6 Å². The Morgan fingerprint density at radius 2 is 1.44 bits per heavy atom. The largest absolute Gasteiger partial charge is 0.392 e. The second-order valence-corrected chi connectivity index (χ2v) is 7.07. The lowest BCUT2D eigenvalue weighted by atomic mass is 9.68. The van der Waals surface area contributed by atoms with Crippen LogP contribution in [-0.4, -0.2) is 24.3 Å². The van der Waals surface area contributed by atoms with Crippen molar-refractivity contribution >= 4 is 5.69 Å². The Morgan fingerprint density at radius 3 is 1.89 bits per heavy atom. The molecule has 0 bridgehead atoms. The highest BCUT2D eigenvalue weighted by molar-refractivity contribution is 5.48. The van der Waals surface area contributed by atoms with Crippen molar-refractivity contribution in [1.29, 1.82) is 0 Å². The fourth-order valence-electron chi connectivity index (χ4n) is 3.21. The SMILES string of the molecule is Cc1ccc(N2CC(C)(C)C(O)C(C)(C)C2)cc1. The molecule has 1 aliphatic rings. The number of anilines is 1. The molecule has 1 fully saturated rings. The van der Waals surface area contributed by atoms with Crippen LogP contribution in [0, 0.1) is 17.8 Å². The normalized spacial score (nSPS) is 23.1. The molecule has 1 N–H and O–H groups in total. The molecular weight excluding hydrogens is 222 g/mol. The van der Waals surface area contributed by atoms with Crippen LogP contribution in [0.1, 0.15) is 33.3 Å². The van der Waals surface area contributed by atoms with Gasteiger partial charge in [-0.1, -0.05) is 45.4 Å². The molecule has 1 aromatic carbocycles. The maximum Gasteiger partial charge on any atom is 0.0675 e. The van der Waals surface area contributed by atoms with Gasteiger partial charge in [0.05, 0.1) is 6.10 Å². The van der Waals surface area contributed by atoms with Gasteiger partial charge in [0.25, 0.3) is 0 Å². The molecule has 1 aliphatic heterocycles. The molecule has 0 atom stereocenters. The minimum Gasteiger partial charge on any atom is -0.392 e. The van der Waals surface area contributed by atoms with E-state index in [1.165, 1.54) is 11.3 Å². The van der Waals surface area contributed by atoms with Gasteiger partial charge in [-0.2, -0.15) is 0 Å². The number of benzene rings is 1. The first-order valence-electron chi connectivity index (χ1n) is 6.72. The summed E-state index contributed by atoms with van der Waals surface area (Å²) < 4.78 is 0. The average Bonchev–Trinajstić information content (AvgIpc) is 2.26. The fourth-order valence-corrected chi connectivity index (χ4v) is 3.21. The third kappa shape index (κ3) is 2.39. The Morgan fingerprint density at radius 1 is 1.00 bits per heavy atom. The van der Waals surface area contributed by atoms with Gasteiger partial charge in [0.2, 0.25) is 0 Å². The molecular formula is C16H25NO. The quantitative estimate of drug-likeness (QED) is 0.823. The minimum absolute atomic E-state index is 0.0767. The Balaban J connectivity index is 2.28. The van der Waals surface area contributed by atoms with Crippen LogP contribution in [0.15, 0.2) is 24.3 Å². The Kier molecular flexibility index (Phi) is 3.18. The maximum absolute atomic E-state index is 10.4. The van der Waals surface area contributed by atoms with Crippen molar-refractivity contribution in [3.05, 3.63) is 29.8 Å². The van der Waals surface area contributed by atoms with Crippen molar-refractivity contribution in [2.24, 2.45) is 10.8 Å². The zero-order valence-corrected chi connectivity index (χ0v) is 12.2. The Hall–Kier alpha value is -1.02. The van der Waals surface area contributed by atoms with Crippen LogP contribution in [0.3, 0.4) is 0 Å². The van der Waals surface area contributed by atoms with Gasteiger partial charge in [-0.25, -0.2) is 0 Å². The van der Waals surface area contributed by atoms with E-state index in [4.69, 9.17) is 0 Å². The van der Waals surface area contributed by atoms with Crippen LogP contribution >= 0.6 is 0 Å². The van der Waals surface area contributed by atoms with Gasteiger partial charge in [0.1, 0.15) is 0 Å². The van der Waals surface area contributed by atoms with E-state index in [9.17, 15) is 5.11 Å². The van der Waals surface area contributed by atoms with Crippen LogP contribution in [0.5, 0.6) is 0 Å². The first-order valence-corrected chi connectivity index (χ1v) is 6.72. The van der Waals surface area contributed by atoms with E-state index in [0.29, 0.717) is 0 Å². The summed E-state index contributed by atoms with van der Waals surface area (Å²) in [7, 11) is 0. The highest BCUT2D eigenvalue weighted by Crippen LogP contribution is 2.41. The van der Waals surface area contributed by atoms with Gasteiger partial charge in [-0.3, -0.25) is 0 Å². The van der Waals surface area contributed by atoms with Gasteiger partial charge < -0.3 is 10.0 Å². The Labute approximate surface area is 111 Å². The first-order chi connectivity index (χ1) is 8.22. The summed E-state index contributed by atoms with van der Waals surface area (Å²) in [5.74, 6) is 0. The standard InChI is InChI=1S/C16H25NO/c1-12-6-8-13(9-7-12)17-10-15(2,3)14(18)16(4,5)11-17/h6-9,14,18H,10-11H2,1-5H3. The number of aliphatic hydroxyl groups excluding tert-OH is 1. The molecule has 2 nitrogen and oxygen atoms in total. The van der Waals surface area contributed by atoms with E-state index in [1.807, 2.05) is 0 Å². The van der Waals surface area contributed by atoms with Crippen molar-refractivity contribution < 1.29 is 5.11 Å². The summed E-state index contributed by atoms with van der Waals surface area (Å²) in [6.07, 6.45) is -0.258. The van der Waals surface area contributed by atoms with E-state index >= 15 is 0 Å². The number of piperidine rings is 1. The molecule has 2 rings (SSSR count). The lowest BCUT2D eigenvalue weighted by Crippen LogP contribution is -2.58. The van der Waals surface area contributed by atoms with Gasteiger partial charge >= 0.3 is 0 Å². The van der Waals surface area contributed by atoms with Gasteiger partial charge in [-0.05, 0) is 19.1 Å². The van der Waals surface area contributed by atoms with Crippen molar-refractivity contribution in [2.45, 2.75) is 40.7 Å². The molecule has 0 aliphatic carbocycles. The number of hydrogen-bond acceptors (Lipinski definition) is 2. The highest BCUT2D eigenvalue weighted by Gasteiger charge is 2.45. The minimum atomic E-state index is -0.258. The molecule has 1 heterocycles. The molecule has 1 saturated heterocycles. The second kappa shape index (κ2) is 4.27. The number of rotatable bonds is 1. The molecule has 1 aromatic rings. The predicted molar refractivity (Wildman–Crippen MR) is 77.0 cm³/mol. The number of aliphatic hydroxyl groups is 1. The van der Waals surface area contributed by atoms with E-state index in [1.54, 1.807) is 0 Å². The zero-order chi connectivity index (χ0) is 13.6. The summed E-state index contributed by atoms with van der Waals surface area (Å²) >= 11 is 0. The molecule has 0 saturated carbocycles. The van der Waals surface area contributed by atoms with E-state index < -0.39 is 0 Å². The van der Waals surface area contributed by atoms with E-state index in [0.717, 1.165) is 13.1 Å². The Bertz CT molecular complexity index is 401. The topological polar surface area (TPSA) is 23.5 Å². The van der Waals surface area contributed by atoms with Crippen molar-refractivity contribution in [3.8, 4) is 0 Å². The average molecular weight is 247 g/mol. The first kappa shape index (κ1) is 13.4. The second-order valence-electron chi connectivity index (χ2n) is 7.07. The molecule has 18 heavy (non-hydrogen) atoms. The van der Waals surface area contributed by atoms with Gasteiger partial charge in [0.15, 0.2) is 0 Å². The smallest absolute Gasteiger partial charge is 0.0675 e. The number of nitrogens with zero attached hydrogens (tertiary/aromatic N) is 1. The molecule has 0 spiro atoms. The van der Waals surface area contributed by atoms with Crippen LogP contribution < -0.4 is 4.90 Å². The number of aryl methyl sites for hydroxylation is 1. The van der Waals surface area contributed by atoms with Crippen LogP contribution in [0.4, 0.5) is 5.69 Å². The summed E-state index contributed by atoms with van der Waals surface area (Å²) in [4.78, 5) is 2.40. The van der Waals surface area contributed by atoms with E-state index in [2.05, 4.69) is 63.8 Å².